The number of carbonyl (C=O) groups is 1. The summed E-state index contributed by atoms with van der Waals surface area (Å²) in [5, 5.41) is 1.07. The van der Waals surface area contributed by atoms with Gasteiger partial charge in [0, 0.05) is 17.1 Å². The van der Waals surface area contributed by atoms with Gasteiger partial charge in [0.2, 0.25) is 0 Å². The van der Waals surface area contributed by atoms with E-state index in [1.807, 2.05) is 30.5 Å². The summed E-state index contributed by atoms with van der Waals surface area (Å²) in [5.41, 5.74) is 4.30. The van der Waals surface area contributed by atoms with Crippen LogP contribution in [0.15, 0.2) is 54.7 Å². The van der Waals surface area contributed by atoms with E-state index in [1.54, 1.807) is 0 Å². The summed E-state index contributed by atoms with van der Waals surface area (Å²) in [6, 6.07) is 16.4. The van der Waals surface area contributed by atoms with Crippen molar-refractivity contribution in [3.05, 3.63) is 60.3 Å². The summed E-state index contributed by atoms with van der Waals surface area (Å²) in [4.78, 5) is 14.6. The largest absolute Gasteiger partial charge is 0.469 e. The smallest absolute Gasteiger partial charge is 0.310 e. The number of rotatable bonds is 3. The van der Waals surface area contributed by atoms with E-state index in [0.29, 0.717) is 0 Å². The molecule has 1 N–H and O–H groups in total. The van der Waals surface area contributed by atoms with Gasteiger partial charge in [-0.3, -0.25) is 4.79 Å². The minimum Gasteiger partial charge on any atom is -0.469 e. The average Bonchev–Trinajstić information content (AvgIpc) is 2.90. The number of hydrogen-bond acceptors (Lipinski definition) is 2. The van der Waals surface area contributed by atoms with Crippen LogP contribution in [0.1, 0.15) is 5.56 Å². The predicted molar refractivity (Wildman–Crippen MR) is 79.5 cm³/mol. The first-order valence-electron chi connectivity index (χ1n) is 6.50. The van der Waals surface area contributed by atoms with Gasteiger partial charge in [0.25, 0.3) is 0 Å². The molecule has 20 heavy (non-hydrogen) atoms. The van der Waals surface area contributed by atoms with E-state index >= 15 is 0 Å². The maximum Gasteiger partial charge on any atom is 0.310 e. The molecule has 100 valence electrons. The molecule has 0 amide bonds. The number of carbonyl (C=O) groups excluding carboxylic acids is 1. The number of H-pyrrole nitrogens is 1. The summed E-state index contributed by atoms with van der Waals surface area (Å²) < 4.78 is 4.73. The SMILES string of the molecule is COC(=O)Cc1c[nH]c2ccc(-c3ccccc3)cc12. The van der Waals surface area contributed by atoms with Crippen molar-refractivity contribution in [2.24, 2.45) is 0 Å². The molecule has 1 heterocycles. The zero-order valence-electron chi connectivity index (χ0n) is 11.2. The van der Waals surface area contributed by atoms with Crippen LogP contribution in [0.25, 0.3) is 22.0 Å². The number of nitrogens with one attached hydrogen (secondary N) is 1. The minimum atomic E-state index is -0.226. The molecule has 0 saturated carbocycles. The van der Waals surface area contributed by atoms with E-state index in [2.05, 4.69) is 29.2 Å². The first kappa shape index (κ1) is 12.5. The summed E-state index contributed by atoms with van der Waals surface area (Å²) >= 11 is 0. The quantitative estimate of drug-likeness (QED) is 0.736. The maximum atomic E-state index is 11.4. The van der Waals surface area contributed by atoms with Crippen LogP contribution in [0.4, 0.5) is 0 Å². The van der Waals surface area contributed by atoms with E-state index in [0.717, 1.165) is 22.0 Å². The van der Waals surface area contributed by atoms with Gasteiger partial charge >= 0.3 is 5.97 Å². The normalized spacial score (nSPS) is 10.7. The zero-order chi connectivity index (χ0) is 13.9. The number of esters is 1. The fourth-order valence-corrected chi connectivity index (χ4v) is 2.36. The van der Waals surface area contributed by atoms with Gasteiger partial charge in [-0.05, 0) is 28.8 Å². The lowest BCUT2D eigenvalue weighted by atomic mass is 10.0. The highest BCUT2D eigenvalue weighted by atomic mass is 16.5. The molecular weight excluding hydrogens is 250 g/mol. The molecule has 2 aromatic carbocycles. The van der Waals surface area contributed by atoms with Crippen molar-refractivity contribution < 1.29 is 9.53 Å². The van der Waals surface area contributed by atoms with Gasteiger partial charge < -0.3 is 9.72 Å². The van der Waals surface area contributed by atoms with Gasteiger partial charge in [0.05, 0.1) is 13.5 Å². The number of hydrogen-bond donors (Lipinski definition) is 1. The summed E-state index contributed by atoms with van der Waals surface area (Å²) in [7, 11) is 1.41. The van der Waals surface area contributed by atoms with Gasteiger partial charge in [-0.1, -0.05) is 36.4 Å². The minimum absolute atomic E-state index is 0.226. The van der Waals surface area contributed by atoms with Crippen molar-refractivity contribution in [3.8, 4) is 11.1 Å². The monoisotopic (exact) mass is 265 g/mol. The third-order valence-electron chi connectivity index (χ3n) is 3.44. The van der Waals surface area contributed by atoms with Gasteiger partial charge in [0.1, 0.15) is 0 Å². The highest BCUT2D eigenvalue weighted by molar-refractivity contribution is 5.90. The Bertz CT molecular complexity index is 744. The molecule has 3 heteroatoms. The van der Waals surface area contributed by atoms with Crippen molar-refractivity contribution >= 4 is 16.9 Å². The Kier molecular flexibility index (Phi) is 3.25. The van der Waals surface area contributed by atoms with E-state index in [-0.39, 0.29) is 12.4 Å². The predicted octanol–water partition coefficient (Wildman–Crippen LogP) is 3.55. The Morgan fingerprint density at radius 3 is 2.65 bits per heavy atom. The molecule has 0 unspecified atom stereocenters. The van der Waals surface area contributed by atoms with E-state index < -0.39 is 0 Å². The number of aromatic amines is 1. The first-order valence-corrected chi connectivity index (χ1v) is 6.50. The van der Waals surface area contributed by atoms with Crippen LogP contribution in [0.2, 0.25) is 0 Å². The Labute approximate surface area is 117 Å². The average molecular weight is 265 g/mol. The molecule has 3 rings (SSSR count). The number of fused-ring (bicyclic) bond motifs is 1. The molecule has 0 spiro atoms. The van der Waals surface area contributed by atoms with Crippen molar-refractivity contribution in [1.82, 2.24) is 4.98 Å². The molecule has 0 aliphatic rings. The van der Waals surface area contributed by atoms with Crippen LogP contribution in [-0.4, -0.2) is 18.1 Å². The lowest BCUT2D eigenvalue weighted by molar-refractivity contribution is -0.139. The molecule has 1 aromatic heterocycles. The fraction of sp³-hybridized carbons (Fsp3) is 0.118. The van der Waals surface area contributed by atoms with Gasteiger partial charge in [0.15, 0.2) is 0 Å². The van der Waals surface area contributed by atoms with Crippen LogP contribution >= 0.6 is 0 Å². The fourth-order valence-electron chi connectivity index (χ4n) is 2.36. The highest BCUT2D eigenvalue weighted by Gasteiger charge is 2.09. The van der Waals surface area contributed by atoms with Crippen molar-refractivity contribution in [2.45, 2.75) is 6.42 Å². The number of ether oxygens (including phenoxy) is 1. The van der Waals surface area contributed by atoms with E-state index in [9.17, 15) is 4.79 Å². The molecule has 0 radical (unpaired) electrons. The molecule has 3 nitrogen and oxygen atoms in total. The molecule has 0 aliphatic heterocycles. The summed E-state index contributed by atoms with van der Waals surface area (Å²) in [6.07, 6.45) is 2.16. The number of methoxy groups -OCH3 is 1. The second-order valence-electron chi connectivity index (χ2n) is 4.69. The molecule has 3 aromatic rings. The van der Waals surface area contributed by atoms with E-state index in [4.69, 9.17) is 4.74 Å². The molecule has 0 bridgehead atoms. The zero-order valence-corrected chi connectivity index (χ0v) is 11.2. The highest BCUT2D eigenvalue weighted by Crippen LogP contribution is 2.26. The Hall–Kier alpha value is -2.55. The molecular formula is C17H15NO2. The number of benzene rings is 2. The van der Waals surface area contributed by atoms with Crippen molar-refractivity contribution in [1.29, 1.82) is 0 Å². The molecule has 0 aliphatic carbocycles. The first-order chi connectivity index (χ1) is 9.78. The van der Waals surface area contributed by atoms with Crippen molar-refractivity contribution in [2.75, 3.05) is 7.11 Å². The number of aromatic nitrogens is 1. The molecule has 0 atom stereocenters. The Morgan fingerprint density at radius 2 is 1.90 bits per heavy atom. The molecule has 0 fully saturated rings. The van der Waals surface area contributed by atoms with Crippen LogP contribution in [-0.2, 0) is 16.0 Å². The van der Waals surface area contributed by atoms with Crippen molar-refractivity contribution in [3.63, 3.8) is 0 Å². The lowest BCUT2D eigenvalue weighted by Gasteiger charge is -2.03. The van der Waals surface area contributed by atoms with Crippen LogP contribution in [0, 0.1) is 0 Å². The van der Waals surface area contributed by atoms with Gasteiger partial charge in [-0.15, -0.1) is 0 Å². The van der Waals surface area contributed by atoms with Crippen LogP contribution in [0.3, 0.4) is 0 Å². The topological polar surface area (TPSA) is 42.1 Å². The third-order valence-corrected chi connectivity index (χ3v) is 3.44. The second-order valence-corrected chi connectivity index (χ2v) is 4.69. The van der Waals surface area contributed by atoms with E-state index in [1.165, 1.54) is 12.7 Å². The third kappa shape index (κ3) is 2.30. The second kappa shape index (κ2) is 5.21. The van der Waals surface area contributed by atoms with Crippen LogP contribution in [0.5, 0.6) is 0 Å². The van der Waals surface area contributed by atoms with Gasteiger partial charge in [-0.2, -0.15) is 0 Å². The maximum absolute atomic E-state index is 11.4. The Balaban J connectivity index is 2.05. The Morgan fingerprint density at radius 1 is 1.10 bits per heavy atom. The van der Waals surface area contributed by atoms with Gasteiger partial charge in [-0.25, -0.2) is 0 Å². The van der Waals surface area contributed by atoms with Crippen LogP contribution < -0.4 is 0 Å². The standard InChI is InChI=1S/C17H15NO2/c1-20-17(19)10-14-11-18-16-8-7-13(9-15(14)16)12-5-3-2-4-6-12/h2-9,11,18H,10H2,1H3. The lowest BCUT2D eigenvalue weighted by Crippen LogP contribution is -2.03. The summed E-state index contributed by atoms with van der Waals surface area (Å²) in [6.45, 7) is 0. The summed E-state index contributed by atoms with van der Waals surface area (Å²) in [5.74, 6) is -0.226. The molecule has 0 saturated heterocycles.